The molecule has 1 fully saturated rings. The number of aryl methyl sites for hydroxylation is 1. The van der Waals surface area contributed by atoms with E-state index in [1.807, 2.05) is 35.8 Å². The van der Waals surface area contributed by atoms with Crippen LogP contribution in [0.2, 0.25) is 0 Å². The van der Waals surface area contributed by atoms with Gasteiger partial charge in [-0.05, 0) is 37.5 Å². The third kappa shape index (κ3) is 2.63. The molecule has 0 radical (unpaired) electrons. The smallest absolute Gasteiger partial charge is 0.121 e. The van der Waals surface area contributed by atoms with Crippen LogP contribution < -0.4 is 4.74 Å². The molecule has 1 saturated carbocycles. The van der Waals surface area contributed by atoms with Gasteiger partial charge in [-0.15, -0.1) is 0 Å². The van der Waals surface area contributed by atoms with Crippen molar-refractivity contribution in [2.24, 2.45) is 0 Å². The Labute approximate surface area is 112 Å². The molecule has 0 saturated heterocycles. The van der Waals surface area contributed by atoms with Gasteiger partial charge in [0, 0.05) is 6.54 Å². The van der Waals surface area contributed by atoms with Crippen LogP contribution in [0.5, 0.6) is 5.75 Å². The summed E-state index contributed by atoms with van der Waals surface area (Å²) in [5.41, 5.74) is 1.65. The maximum Gasteiger partial charge on any atom is 0.121 e. The third-order valence-corrected chi connectivity index (χ3v) is 3.37. The van der Waals surface area contributed by atoms with E-state index in [9.17, 15) is 5.11 Å². The molecule has 2 aromatic rings. The molecule has 100 valence electrons. The van der Waals surface area contributed by atoms with E-state index in [0.29, 0.717) is 6.10 Å². The van der Waals surface area contributed by atoms with Crippen molar-refractivity contribution in [3.63, 3.8) is 0 Å². The first-order chi connectivity index (χ1) is 9.28. The van der Waals surface area contributed by atoms with Crippen molar-refractivity contribution in [1.82, 2.24) is 9.55 Å². The lowest BCUT2D eigenvalue weighted by Gasteiger charge is -2.14. The van der Waals surface area contributed by atoms with Gasteiger partial charge in [0.1, 0.15) is 11.9 Å². The number of aliphatic hydroxyl groups excluding tert-OH is 1. The Morgan fingerprint density at radius 2 is 2.32 bits per heavy atom. The Morgan fingerprint density at radius 3 is 3.05 bits per heavy atom. The molecule has 0 spiro atoms. The van der Waals surface area contributed by atoms with Crippen molar-refractivity contribution in [1.29, 1.82) is 0 Å². The van der Waals surface area contributed by atoms with Gasteiger partial charge in [-0.3, -0.25) is 0 Å². The van der Waals surface area contributed by atoms with Crippen molar-refractivity contribution in [2.75, 3.05) is 0 Å². The molecule has 3 rings (SSSR count). The van der Waals surface area contributed by atoms with Crippen molar-refractivity contribution >= 4 is 0 Å². The maximum atomic E-state index is 10.5. The van der Waals surface area contributed by atoms with Crippen LogP contribution in [0.3, 0.4) is 0 Å². The third-order valence-electron chi connectivity index (χ3n) is 3.37. The second-order valence-corrected chi connectivity index (χ2v) is 4.90. The van der Waals surface area contributed by atoms with Gasteiger partial charge in [-0.2, -0.15) is 0 Å². The zero-order valence-corrected chi connectivity index (χ0v) is 11.0. The van der Waals surface area contributed by atoms with E-state index in [0.717, 1.165) is 36.4 Å². The van der Waals surface area contributed by atoms with Crippen molar-refractivity contribution in [2.45, 2.75) is 38.5 Å². The Balaban J connectivity index is 1.84. The largest absolute Gasteiger partial charge is 0.490 e. The predicted molar refractivity (Wildman–Crippen MR) is 72.1 cm³/mol. The van der Waals surface area contributed by atoms with Crippen LogP contribution in [0.15, 0.2) is 36.8 Å². The fraction of sp³-hybridized carbons (Fsp3) is 0.400. The summed E-state index contributed by atoms with van der Waals surface area (Å²) in [6.45, 7) is 2.83. The quantitative estimate of drug-likeness (QED) is 0.896. The average Bonchev–Trinajstić information content (AvgIpc) is 3.11. The number of hydrogen-bond acceptors (Lipinski definition) is 3. The standard InChI is InChI=1S/C15H18N2O2/c1-2-17-10-16-9-14(17)15(18)11-4-3-5-13(8-11)19-12-6-7-12/h3-5,8-10,12,15,18H,2,6-7H2,1H3. The summed E-state index contributed by atoms with van der Waals surface area (Å²) in [4.78, 5) is 4.09. The zero-order valence-electron chi connectivity index (χ0n) is 11.0. The number of nitrogens with zero attached hydrogens (tertiary/aromatic N) is 2. The fourth-order valence-electron chi connectivity index (χ4n) is 2.13. The molecule has 0 bridgehead atoms. The molecule has 4 heteroatoms. The minimum Gasteiger partial charge on any atom is -0.490 e. The molecule has 1 heterocycles. The highest BCUT2D eigenvalue weighted by molar-refractivity contribution is 5.33. The first kappa shape index (κ1) is 12.2. The molecule has 1 aliphatic rings. The van der Waals surface area contributed by atoms with Gasteiger partial charge in [0.25, 0.3) is 0 Å². The Bertz CT molecular complexity index is 561. The Kier molecular flexibility index (Phi) is 3.25. The average molecular weight is 258 g/mol. The molecule has 4 nitrogen and oxygen atoms in total. The van der Waals surface area contributed by atoms with Crippen LogP contribution in [0.25, 0.3) is 0 Å². The van der Waals surface area contributed by atoms with Gasteiger partial charge in [0.15, 0.2) is 0 Å². The van der Waals surface area contributed by atoms with Crippen LogP contribution in [-0.4, -0.2) is 20.8 Å². The maximum absolute atomic E-state index is 10.5. The number of rotatable bonds is 5. The normalized spacial score (nSPS) is 16.3. The van der Waals surface area contributed by atoms with E-state index in [1.54, 1.807) is 12.5 Å². The zero-order chi connectivity index (χ0) is 13.2. The van der Waals surface area contributed by atoms with E-state index in [4.69, 9.17) is 4.74 Å². The molecule has 1 N–H and O–H groups in total. The second-order valence-electron chi connectivity index (χ2n) is 4.90. The highest BCUT2D eigenvalue weighted by Gasteiger charge is 2.24. The molecule has 0 aliphatic heterocycles. The van der Waals surface area contributed by atoms with Crippen LogP contribution in [0, 0.1) is 0 Å². The fourth-order valence-corrected chi connectivity index (χ4v) is 2.13. The minimum atomic E-state index is -0.662. The SMILES string of the molecule is CCn1cncc1C(O)c1cccc(OC2CC2)c1. The summed E-state index contributed by atoms with van der Waals surface area (Å²) < 4.78 is 7.70. The summed E-state index contributed by atoms with van der Waals surface area (Å²) >= 11 is 0. The van der Waals surface area contributed by atoms with Crippen LogP contribution in [0.4, 0.5) is 0 Å². The molecular weight excluding hydrogens is 240 g/mol. The van der Waals surface area contributed by atoms with E-state index in [-0.39, 0.29) is 0 Å². The van der Waals surface area contributed by atoms with Crippen molar-refractivity contribution in [3.05, 3.63) is 48.0 Å². The number of aliphatic hydroxyl groups is 1. The summed E-state index contributed by atoms with van der Waals surface area (Å²) in [6.07, 6.45) is 5.43. The molecule has 1 unspecified atom stereocenters. The molecular formula is C15H18N2O2. The summed E-state index contributed by atoms with van der Waals surface area (Å²) in [5, 5.41) is 10.5. The molecule has 0 amide bonds. The number of aromatic nitrogens is 2. The van der Waals surface area contributed by atoms with Crippen LogP contribution in [-0.2, 0) is 6.54 Å². The number of benzene rings is 1. The monoisotopic (exact) mass is 258 g/mol. The van der Waals surface area contributed by atoms with Crippen LogP contribution in [0.1, 0.15) is 37.1 Å². The Hall–Kier alpha value is -1.81. The van der Waals surface area contributed by atoms with Crippen molar-refractivity contribution < 1.29 is 9.84 Å². The van der Waals surface area contributed by atoms with Crippen LogP contribution >= 0.6 is 0 Å². The van der Waals surface area contributed by atoms with Gasteiger partial charge in [-0.1, -0.05) is 12.1 Å². The number of hydrogen-bond donors (Lipinski definition) is 1. The van der Waals surface area contributed by atoms with Gasteiger partial charge in [-0.25, -0.2) is 4.98 Å². The first-order valence-electron chi connectivity index (χ1n) is 6.72. The van der Waals surface area contributed by atoms with Crippen molar-refractivity contribution in [3.8, 4) is 5.75 Å². The lowest BCUT2D eigenvalue weighted by atomic mass is 10.1. The summed E-state index contributed by atoms with van der Waals surface area (Å²) in [5.74, 6) is 0.835. The first-order valence-corrected chi connectivity index (χ1v) is 6.72. The minimum absolute atomic E-state index is 0.369. The molecule has 1 aromatic carbocycles. The van der Waals surface area contributed by atoms with E-state index >= 15 is 0 Å². The second kappa shape index (κ2) is 5.05. The molecule has 1 aromatic heterocycles. The number of imidazole rings is 1. The predicted octanol–water partition coefficient (Wildman–Crippen LogP) is 2.53. The summed E-state index contributed by atoms with van der Waals surface area (Å²) in [6, 6.07) is 7.68. The Morgan fingerprint density at radius 1 is 1.47 bits per heavy atom. The highest BCUT2D eigenvalue weighted by Crippen LogP contribution is 2.29. The van der Waals surface area contributed by atoms with Gasteiger partial charge in [0.2, 0.25) is 0 Å². The van der Waals surface area contributed by atoms with Gasteiger partial charge >= 0.3 is 0 Å². The van der Waals surface area contributed by atoms with Gasteiger partial charge < -0.3 is 14.4 Å². The molecule has 1 aliphatic carbocycles. The molecule has 19 heavy (non-hydrogen) atoms. The topological polar surface area (TPSA) is 47.3 Å². The van der Waals surface area contributed by atoms with E-state index in [1.165, 1.54) is 0 Å². The molecule has 1 atom stereocenters. The van der Waals surface area contributed by atoms with E-state index < -0.39 is 6.10 Å². The highest BCUT2D eigenvalue weighted by atomic mass is 16.5. The van der Waals surface area contributed by atoms with Gasteiger partial charge in [0.05, 0.1) is 24.3 Å². The summed E-state index contributed by atoms with van der Waals surface area (Å²) in [7, 11) is 0. The lowest BCUT2D eigenvalue weighted by molar-refractivity contribution is 0.209. The lowest BCUT2D eigenvalue weighted by Crippen LogP contribution is -2.07. The van der Waals surface area contributed by atoms with E-state index in [2.05, 4.69) is 4.98 Å². The number of ether oxygens (including phenoxy) is 1.